The predicted octanol–water partition coefficient (Wildman–Crippen LogP) is 5.68. The molecule has 4 aromatic rings. The number of nitrogens with zero attached hydrogens (tertiary/aromatic N) is 2. The standard InChI is InChI=1S/C36H39N3O5/c1-25(41)30-6-5-8-32(21-30)38-35(42)20-26-9-15-29(16-10-26)36-43-33(23-39(2)19-17-31-7-3-4-18-37-31)22-34(44-36)28-13-11-27(24-40)12-14-28/h3-16,18,21,33-34,36,40H,17,19-20,22-24H2,1-2H3,(H,38,42). The number of rotatable bonds is 12. The van der Waals surface area contributed by atoms with Gasteiger partial charge in [0, 0.05) is 54.6 Å². The van der Waals surface area contributed by atoms with Crippen LogP contribution in [0, 0.1) is 0 Å². The zero-order valence-corrected chi connectivity index (χ0v) is 25.2. The fourth-order valence-corrected chi connectivity index (χ4v) is 5.32. The van der Waals surface area contributed by atoms with Gasteiger partial charge < -0.3 is 24.8 Å². The molecule has 228 valence electrons. The molecule has 44 heavy (non-hydrogen) atoms. The van der Waals surface area contributed by atoms with E-state index in [-0.39, 0.29) is 36.9 Å². The Hall–Kier alpha value is -4.21. The van der Waals surface area contributed by atoms with Gasteiger partial charge in [-0.05, 0) is 54.9 Å². The molecule has 0 bridgehead atoms. The molecule has 1 saturated heterocycles. The molecule has 5 rings (SSSR count). The number of pyridine rings is 1. The average Bonchev–Trinajstić information content (AvgIpc) is 3.04. The maximum absolute atomic E-state index is 12.7. The van der Waals surface area contributed by atoms with Crippen molar-refractivity contribution in [3.05, 3.63) is 131 Å². The molecule has 0 saturated carbocycles. The van der Waals surface area contributed by atoms with Gasteiger partial charge in [0.15, 0.2) is 12.1 Å². The lowest BCUT2D eigenvalue weighted by molar-refractivity contribution is -0.252. The highest BCUT2D eigenvalue weighted by Gasteiger charge is 2.32. The van der Waals surface area contributed by atoms with Gasteiger partial charge in [-0.1, -0.05) is 66.7 Å². The molecule has 0 spiro atoms. The largest absolute Gasteiger partial charge is 0.392 e. The Labute approximate surface area is 258 Å². The number of ketones is 1. The highest BCUT2D eigenvalue weighted by Crippen LogP contribution is 2.38. The molecular formula is C36H39N3O5. The molecule has 2 N–H and O–H groups in total. The van der Waals surface area contributed by atoms with Gasteiger partial charge in [-0.3, -0.25) is 14.6 Å². The van der Waals surface area contributed by atoms with Gasteiger partial charge in [0.25, 0.3) is 0 Å². The van der Waals surface area contributed by atoms with E-state index in [0.29, 0.717) is 17.7 Å². The maximum atomic E-state index is 12.7. The lowest BCUT2D eigenvalue weighted by Crippen LogP contribution is -2.38. The van der Waals surface area contributed by atoms with Gasteiger partial charge in [-0.25, -0.2) is 0 Å². The first-order chi connectivity index (χ1) is 21.4. The topological polar surface area (TPSA) is 101 Å². The first-order valence-corrected chi connectivity index (χ1v) is 14.9. The van der Waals surface area contributed by atoms with Crippen LogP contribution >= 0.6 is 0 Å². The minimum absolute atomic E-state index is 0.00357. The van der Waals surface area contributed by atoms with Crippen molar-refractivity contribution in [3.63, 3.8) is 0 Å². The number of aliphatic hydroxyl groups excluding tert-OH is 1. The average molecular weight is 594 g/mol. The number of anilines is 1. The second-order valence-corrected chi connectivity index (χ2v) is 11.3. The first-order valence-electron chi connectivity index (χ1n) is 14.9. The lowest BCUT2D eigenvalue weighted by Gasteiger charge is -2.38. The molecule has 2 heterocycles. The Bertz CT molecular complexity index is 1530. The van der Waals surface area contributed by atoms with Crippen LogP contribution in [-0.2, 0) is 33.7 Å². The summed E-state index contributed by atoms with van der Waals surface area (Å²) in [4.78, 5) is 31.1. The number of benzene rings is 3. The van der Waals surface area contributed by atoms with Gasteiger partial charge in [0.05, 0.1) is 25.2 Å². The van der Waals surface area contributed by atoms with Crippen molar-refractivity contribution in [2.24, 2.45) is 0 Å². The molecule has 1 fully saturated rings. The van der Waals surface area contributed by atoms with Gasteiger partial charge in [0.1, 0.15) is 0 Å². The molecule has 1 amide bonds. The summed E-state index contributed by atoms with van der Waals surface area (Å²) >= 11 is 0. The summed E-state index contributed by atoms with van der Waals surface area (Å²) in [5.41, 5.74) is 5.84. The van der Waals surface area contributed by atoms with Crippen molar-refractivity contribution in [3.8, 4) is 0 Å². The van der Waals surface area contributed by atoms with Crippen molar-refractivity contribution < 1.29 is 24.2 Å². The van der Waals surface area contributed by atoms with Gasteiger partial charge >= 0.3 is 0 Å². The van der Waals surface area contributed by atoms with E-state index < -0.39 is 6.29 Å². The maximum Gasteiger partial charge on any atom is 0.228 e. The highest BCUT2D eigenvalue weighted by molar-refractivity contribution is 5.97. The number of ether oxygens (including phenoxy) is 2. The first kappa shape index (κ1) is 31.2. The molecule has 8 heteroatoms. The molecule has 1 aliphatic heterocycles. The Kier molecular flexibility index (Phi) is 10.6. The van der Waals surface area contributed by atoms with E-state index in [9.17, 15) is 14.7 Å². The van der Waals surface area contributed by atoms with E-state index in [2.05, 4.69) is 22.2 Å². The van der Waals surface area contributed by atoms with Crippen LogP contribution in [0.15, 0.2) is 97.2 Å². The normalized spacial score (nSPS) is 18.2. The minimum atomic E-state index is -0.572. The van der Waals surface area contributed by atoms with E-state index in [0.717, 1.165) is 47.5 Å². The molecular weight excluding hydrogens is 554 g/mol. The fraction of sp³-hybridized carbons (Fsp3) is 0.306. The number of carbonyl (C=O) groups excluding carboxylic acids is 2. The summed E-state index contributed by atoms with van der Waals surface area (Å²) in [6.45, 7) is 3.09. The smallest absolute Gasteiger partial charge is 0.228 e. The number of aromatic nitrogens is 1. The monoisotopic (exact) mass is 593 g/mol. The van der Waals surface area contributed by atoms with E-state index in [1.807, 2.05) is 72.9 Å². The molecule has 1 aliphatic rings. The third-order valence-electron chi connectivity index (χ3n) is 7.78. The van der Waals surface area contributed by atoms with Crippen LogP contribution in [0.3, 0.4) is 0 Å². The van der Waals surface area contributed by atoms with Gasteiger partial charge in [-0.15, -0.1) is 0 Å². The van der Waals surface area contributed by atoms with Crippen molar-refractivity contribution in [2.45, 2.75) is 51.3 Å². The molecule has 8 nitrogen and oxygen atoms in total. The molecule has 3 aromatic carbocycles. The van der Waals surface area contributed by atoms with Crippen LogP contribution in [-0.4, -0.2) is 52.9 Å². The Morgan fingerprint density at radius 1 is 0.932 bits per heavy atom. The van der Waals surface area contributed by atoms with Crippen LogP contribution in [0.1, 0.15) is 64.0 Å². The molecule has 0 aliphatic carbocycles. The summed E-state index contributed by atoms with van der Waals surface area (Å²) < 4.78 is 13.0. The fourth-order valence-electron chi connectivity index (χ4n) is 5.32. The van der Waals surface area contributed by atoms with Crippen LogP contribution in [0.4, 0.5) is 5.69 Å². The summed E-state index contributed by atoms with van der Waals surface area (Å²) in [5.74, 6) is -0.213. The summed E-state index contributed by atoms with van der Waals surface area (Å²) in [7, 11) is 2.10. The van der Waals surface area contributed by atoms with Crippen molar-refractivity contribution >= 4 is 17.4 Å². The number of aliphatic hydroxyl groups is 1. The zero-order valence-electron chi connectivity index (χ0n) is 25.2. The number of hydrogen-bond donors (Lipinski definition) is 2. The molecule has 3 atom stereocenters. The quantitative estimate of drug-likeness (QED) is 0.204. The van der Waals surface area contributed by atoms with Crippen molar-refractivity contribution in [1.29, 1.82) is 0 Å². The highest BCUT2D eigenvalue weighted by atomic mass is 16.7. The molecule has 3 unspecified atom stereocenters. The minimum Gasteiger partial charge on any atom is -0.392 e. The van der Waals surface area contributed by atoms with Crippen molar-refractivity contribution in [2.75, 3.05) is 25.5 Å². The Morgan fingerprint density at radius 3 is 2.39 bits per heavy atom. The van der Waals surface area contributed by atoms with Gasteiger partial charge in [0.2, 0.25) is 5.91 Å². The lowest BCUT2D eigenvalue weighted by atomic mass is 9.99. The van der Waals surface area contributed by atoms with E-state index in [1.54, 1.807) is 24.3 Å². The second-order valence-electron chi connectivity index (χ2n) is 11.3. The zero-order chi connectivity index (χ0) is 30.9. The van der Waals surface area contributed by atoms with E-state index in [4.69, 9.17) is 9.47 Å². The van der Waals surface area contributed by atoms with E-state index in [1.165, 1.54) is 6.92 Å². The Balaban J connectivity index is 1.25. The number of Topliss-reactive ketones (excluding diaryl/α,β-unsaturated/α-hetero) is 1. The molecule has 1 aromatic heterocycles. The number of carbonyl (C=O) groups is 2. The Morgan fingerprint density at radius 2 is 1.68 bits per heavy atom. The number of likely N-dealkylation sites (N-methyl/N-ethyl adjacent to an activating group) is 1. The van der Waals surface area contributed by atoms with Crippen molar-refractivity contribution in [1.82, 2.24) is 9.88 Å². The number of amides is 1. The van der Waals surface area contributed by atoms with Crippen LogP contribution < -0.4 is 5.32 Å². The van der Waals surface area contributed by atoms with Crippen LogP contribution in [0.5, 0.6) is 0 Å². The third kappa shape index (κ3) is 8.67. The third-order valence-corrected chi connectivity index (χ3v) is 7.78. The van der Waals surface area contributed by atoms with Gasteiger partial charge in [-0.2, -0.15) is 0 Å². The van der Waals surface area contributed by atoms with Crippen LogP contribution in [0.25, 0.3) is 0 Å². The summed E-state index contributed by atoms with van der Waals surface area (Å²) in [6.07, 6.45) is 2.76. The number of nitrogens with one attached hydrogen (secondary N) is 1. The molecule has 0 radical (unpaired) electrons. The number of hydrogen-bond acceptors (Lipinski definition) is 7. The van der Waals surface area contributed by atoms with E-state index >= 15 is 0 Å². The second kappa shape index (κ2) is 15.0. The summed E-state index contributed by atoms with van der Waals surface area (Å²) in [6, 6.07) is 28.5. The summed E-state index contributed by atoms with van der Waals surface area (Å²) in [5, 5.41) is 12.4. The SMILES string of the molecule is CC(=O)c1cccc(NC(=O)Cc2ccc(C3OC(CN(C)CCc4ccccn4)CC(c4ccc(CO)cc4)O3)cc2)c1. The van der Waals surface area contributed by atoms with Crippen LogP contribution in [0.2, 0.25) is 0 Å². The predicted molar refractivity (Wildman–Crippen MR) is 169 cm³/mol.